The van der Waals surface area contributed by atoms with Crippen molar-refractivity contribution in [2.45, 2.75) is 26.3 Å². The van der Waals surface area contributed by atoms with Crippen LogP contribution in [0.2, 0.25) is 0 Å². The topological polar surface area (TPSA) is 97.0 Å². The van der Waals surface area contributed by atoms with E-state index in [1.807, 2.05) is 50.2 Å². The van der Waals surface area contributed by atoms with Crippen molar-refractivity contribution in [3.8, 4) is 5.75 Å². The average molecular weight is 435 g/mol. The second-order valence-corrected chi connectivity index (χ2v) is 7.43. The summed E-state index contributed by atoms with van der Waals surface area (Å²) in [5.74, 6) is -0.298. The fourth-order valence-corrected chi connectivity index (χ4v) is 4.00. The first-order chi connectivity index (χ1) is 15.5. The number of amides is 3. The number of benzene rings is 2. The average Bonchev–Trinajstić information content (AvgIpc) is 3.18. The maximum Gasteiger partial charge on any atom is 0.338 e. The molecule has 2 aliphatic heterocycles. The number of aryl methyl sites for hydroxylation is 1. The van der Waals surface area contributed by atoms with E-state index in [2.05, 4.69) is 10.6 Å². The molecule has 2 heterocycles. The van der Waals surface area contributed by atoms with Gasteiger partial charge < -0.3 is 20.1 Å². The van der Waals surface area contributed by atoms with Crippen molar-refractivity contribution in [2.75, 3.05) is 25.1 Å². The Balaban J connectivity index is 1.62. The van der Waals surface area contributed by atoms with Gasteiger partial charge in [-0.25, -0.2) is 9.59 Å². The minimum atomic E-state index is -0.713. The highest BCUT2D eigenvalue weighted by Crippen LogP contribution is 2.38. The summed E-state index contributed by atoms with van der Waals surface area (Å²) < 4.78 is 10.9. The van der Waals surface area contributed by atoms with Crippen molar-refractivity contribution in [3.63, 3.8) is 0 Å². The van der Waals surface area contributed by atoms with Gasteiger partial charge in [-0.3, -0.25) is 9.69 Å². The van der Waals surface area contributed by atoms with Crippen molar-refractivity contribution in [1.29, 1.82) is 0 Å². The summed E-state index contributed by atoms with van der Waals surface area (Å²) >= 11 is 0. The summed E-state index contributed by atoms with van der Waals surface area (Å²) in [6, 6.07) is 13.5. The Kier molecular flexibility index (Phi) is 6.11. The zero-order valence-corrected chi connectivity index (χ0v) is 18.0. The molecule has 166 valence electrons. The summed E-state index contributed by atoms with van der Waals surface area (Å²) in [5, 5.41) is 5.70. The number of hydrogen-bond acceptors (Lipinski definition) is 5. The Morgan fingerprint density at radius 2 is 1.91 bits per heavy atom. The first kappa shape index (κ1) is 21.4. The number of carbonyl (C=O) groups is 3. The molecule has 4 rings (SSSR count). The summed E-state index contributed by atoms with van der Waals surface area (Å²) in [7, 11) is 0. The Morgan fingerprint density at radius 1 is 1.16 bits per heavy atom. The molecule has 0 spiro atoms. The van der Waals surface area contributed by atoms with Crippen molar-refractivity contribution < 1.29 is 23.9 Å². The van der Waals surface area contributed by atoms with Crippen LogP contribution in [0.4, 0.5) is 10.5 Å². The highest BCUT2D eigenvalue weighted by molar-refractivity contribution is 6.00. The molecule has 0 aliphatic carbocycles. The third-order valence-corrected chi connectivity index (χ3v) is 5.50. The van der Waals surface area contributed by atoms with Gasteiger partial charge in [0.15, 0.2) is 0 Å². The maximum atomic E-state index is 13.0. The van der Waals surface area contributed by atoms with Gasteiger partial charge in [-0.15, -0.1) is 0 Å². The fourth-order valence-electron chi connectivity index (χ4n) is 4.00. The second-order valence-electron chi connectivity index (χ2n) is 7.43. The molecule has 0 radical (unpaired) electrons. The predicted octanol–water partition coefficient (Wildman–Crippen LogP) is 3.16. The first-order valence-corrected chi connectivity index (χ1v) is 10.6. The summed E-state index contributed by atoms with van der Waals surface area (Å²) in [5.41, 5.74) is 3.08. The van der Waals surface area contributed by atoms with Gasteiger partial charge in [-0.2, -0.15) is 0 Å². The number of anilines is 1. The minimum absolute atomic E-state index is 0.0618. The number of ether oxygens (including phenoxy) is 2. The highest BCUT2D eigenvalue weighted by Gasteiger charge is 2.43. The minimum Gasteiger partial charge on any atom is -0.494 e. The fraction of sp³-hybridized carbons (Fsp3) is 0.292. The molecule has 8 nitrogen and oxygen atoms in total. The zero-order valence-electron chi connectivity index (χ0n) is 18.0. The molecule has 1 atom stereocenters. The summed E-state index contributed by atoms with van der Waals surface area (Å²) in [6.45, 7) is 4.01. The molecular weight excluding hydrogens is 410 g/mol. The number of carbonyl (C=O) groups excluding carboxylic acids is 3. The van der Waals surface area contributed by atoms with Gasteiger partial charge in [0.1, 0.15) is 18.9 Å². The van der Waals surface area contributed by atoms with Gasteiger partial charge >= 0.3 is 12.0 Å². The number of urea groups is 1. The van der Waals surface area contributed by atoms with Crippen LogP contribution < -0.4 is 15.4 Å². The van der Waals surface area contributed by atoms with E-state index < -0.39 is 18.0 Å². The number of cyclic esters (lactones) is 1. The standard InChI is InChI=1S/C24H25N3O5/c1-3-15-9-5-7-11-17(15)25-20(28)13-27-18-14-32-23(29)21(18)22(26-24(27)30)16-10-6-8-12-19(16)31-4-2/h5-12,22H,3-4,13-14H2,1-2H3,(H,25,28)(H,26,30)/t22-/m1/s1. The molecule has 0 bridgehead atoms. The molecule has 2 aromatic carbocycles. The lowest BCUT2D eigenvalue weighted by molar-refractivity contribution is -0.136. The molecule has 0 saturated carbocycles. The molecule has 3 amide bonds. The number of para-hydroxylation sites is 2. The molecule has 2 aliphatic rings. The van der Waals surface area contributed by atoms with Crippen LogP contribution in [0.15, 0.2) is 59.8 Å². The van der Waals surface area contributed by atoms with E-state index in [-0.39, 0.29) is 19.1 Å². The van der Waals surface area contributed by atoms with Gasteiger partial charge in [0.2, 0.25) is 5.91 Å². The normalized spacial score (nSPS) is 17.6. The van der Waals surface area contributed by atoms with Gasteiger partial charge in [0.05, 0.1) is 23.9 Å². The third kappa shape index (κ3) is 4.03. The summed E-state index contributed by atoms with van der Waals surface area (Å²) in [6.07, 6.45) is 0.763. The first-order valence-electron chi connectivity index (χ1n) is 10.6. The second kappa shape index (κ2) is 9.13. The lowest BCUT2D eigenvalue weighted by Gasteiger charge is -2.33. The zero-order chi connectivity index (χ0) is 22.7. The van der Waals surface area contributed by atoms with Crippen LogP contribution in [0.1, 0.15) is 31.0 Å². The number of esters is 1. The number of nitrogens with one attached hydrogen (secondary N) is 2. The third-order valence-electron chi connectivity index (χ3n) is 5.50. The predicted molar refractivity (Wildman–Crippen MR) is 118 cm³/mol. The highest BCUT2D eigenvalue weighted by atomic mass is 16.5. The number of nitrogens with zero attached hydrogens (tertiary/aromatic N) is 1. The number of hydrogen-bond donors (Lipinski definition) is 2. The van der Waals surface area contributed by atoms with Crippen LogP contribution in [-0.4, -0.2) is 42.6 Å². The molecule has 2 N–H and O–H groups in total. The van der Waals surface area contributed by atoms with E-state index in [4.69, 9.17) is 9.47 Å². The Morgan fingerprint density at radius 3 is 2.69 bits per heavy atom. The molecule has 2 aromatic rings. The van der Waals surface area contributed by atoms with E-state index in [9.17, 15) is 14.4 Å². The van der Waals surface area contributed by atoms with E-state index in [0.717, 1.165) is 12.0 Å². The van der Waals surface area contributed by atoms with Crippen LogP contribution in [0, 0.1) is 0 Å². The van der Waals surface area contributed by atoms with Gasteiger partial charge in [-0.05, 0) is 31.0 Å². The lowest BCUT2D eigenvalue weighted by atomic mass is 9.95. The van der Waals surface area contributed by atoms with E-state index in [1.54, 1.807) is 12.1 Å². The molecule has 0 fully saturated rings. The molecule has 0 unspecified atom stereocenters. The Labute approximate surface area is 186 Å². The van der Waals surface area contributed by atoms with Crippen molar-refractivity contribution >= 4 is 23.6 Å². The quantitative estimate of drug-likeness (QED) is 0.651. The van der Waals surface area contributed by atoms with Crippen LogP contribution in [0.5, 0.6) is 5.75 Å². The molecular formula is C24H25N3O5. The largest absolute Gasteiger partial charge is 0.494 e. The van der Waals surface area contributed by atoms with E-state index in [1.165, 1.54) is 4.90 Å². The van der Waals surface area contributed by atoms with E-state index >= 15 is 0 Å². The Hall–Kier alpha value is -3.81. The lowest BCUT2D eigenvalue weighted by Crippen LogP contribution is -2.49. The molecule has 0 aromatic heterocycles. The van der Waals surface area contributed by atoms with Crippen LogP contribution in [0.3, 0.4) is 0 Å². The van der Waals surface area contributed by atoms with Crippen molar-refractivity contribution in [3.05, 3.63) is 70.9 Å². The molecule has 32 heavy (non-hydrogen) atoms. The SMILES string of the molecule is CCOc1ccccc1[C@H]1NC(=O)N(CC(=O)Nc2ccccc2CC)C2=C1C(=O)OC2. The number of rotatable bonds is 7. The van der Waals surface area contributed by atoms with Crippen molar-refractivity contribution in [2.24, 2.45) is 0 Å². The van der Waals surface area contributed by atoms with Crippen LogP contribution in [0.25, 0.3) is 0 Å². The molecule has 8 heteroatoms. The maximum absolute atomic E-state index is 13.0. The van der Waals surface area contributed by atoms with Crippen molar-refractivity contribution in [1.82, 2.24) is 10.2 Å². The van der Waals surface area contributed by atoms with E-state index in [0.29, 0.717) is 34.9 Å². The molecule has 0 saturated heterocycles. The van der Waals surface area contributed by atoms with Gasteiger partial charge in [0, 0.05) is 11.3 Å². The van der Waals surface area contributed by atoms with Crippen LogP contribution >= 0.6 is 0 Å². The monoisotopic (exact) mass is 435 g/mol. The smallest absolute Gasteiger partial charge is 0.338 e. The Bertz CT molecular complexity index is 1090. The van der Waals surface area contributed by atoms with Crippen LogP contribution in [-0.2, 0) is 20.7 Å². The van der Waals surface area contributed by atoms with Gasteiger partial charge in [0.25, 0.3) is 0 Å². The summed E-state index contributed by atoms with van der Waals surface area (Å²) in [4.78, 5) is 39.6. The van der Waals surface area contributed by atoms with Gasteiger partial charge in [-0.1, -0.05) is 43.3 Å².